The SMILES string of the molecule is Cc1cc(C(=O)N2CCC(=NO)c3ccccc32)c(C)o1. The molecule has 1 aromatic heterocycles. The molecule has 2 aromatic rings. The highest BCUT2D eigenvalue weighted by atomic mass is 16.4. The van der Waals surface area contributed by atoms with E-state index in [1.165, 1.54) is 0 Å². The van der Waals surface area contributed by atoms with E-state index in [1.54, 1.807) is 17.9 Å². The number of fused-ring (bicyclic) bond motifs is 1. The fourth-order valence-corrected chi connectivity index (χ4v) is 2.73. The summed E-state index contributed by atoms with van der Waals surface area (Å²) < 4.78 is 5.45. The minimum atomic E-state index is -0.0891. The first-order valence-electron chi connectivity index (χ1n) is 6.81. The fourth-order valence-electron chi connectivity index (χ4n) is 2.73. The van der Waals surface area contributed by atoms with Crippen molar-refractivity contribution in [3.05, 3.63) is 53.0 Å². The highest BCUT2D eigenvalue weighted by molar-refractivity contribution is 6.15. The van der Waals surface area contributed by atoms with Gasteiger partial charge in [-0.1, -0.05) is 23.4 Å². The lowest BCUT2D eigenvalue weighted by molar-refractivity contribution is 0.0985. The number of para-hydroxylation sites is 1. The Balaban J connectivity index is 2.04. The molecule has 3 rings (SSSR count). The van der Waals surface area contributed by atoms with Crippen LogP contribution in [0.2, 0.25) is 0 Å². The van der Waals surface area contributed by atoms with Gasteiger partial charge < -0.3 is 14.5 Å². The first-order chi connectivity index (χ1) is 10.1. The van der Waals surface area contributed by atoms with Gasteiger partial charge in [0.15, 0.2) is 0 Å². The van der Waals surface area contributed by atoms with Crippen LogP contribution in [0.1, 0.15) is 33.9 Å². The van der Waals surface area contributed by atoms with Gasteiger partial charge in [0, 0.05) is 18.5 Å². The molecule has 0 unspecified atom stereocenters. The molecule has 0 fully saturated rings. The number of hydrogen-bond donors (Lipinski definition) is 1. The number of hydrogen-bond acceptors (Lipinski definition) is 4. The molecule has 5 heteroatoms. The molecule has 108 valence electrons. The van der Waals surface area contributed by atoms with Crippen LogP contribution in [0.3, 0.4) is 0 Å². The maximum Gasteiger partial charge on any atom is 0.261 e. The molecule has 1 amide bonds. The summed E-state index contributed by atoms with van der Waals surface area (Å²) in [6.45, 7) is 4.10. The summed E-state index contributed by atoms with van der Waals surface area (Å²) in [5.74, 6) is 1.25. The molecule has 1 N–H and O–H groups in total. The van der Waals surface area contributed by atoms with Gasteiger partial charge in [0.1, 0.15) is 11.5 Å². The molecule has 0 bridgehead atoms. The molecule has 0 radical (unpaired) electrons. The van der Waals surface area contributed by atoms with Gasteiger partial charge in [-0.05, 0) is 26.0 Å². The van der Waals surface area contributed by atoms with Gasteiger partial charge in [-0.15, -0.1) is 0 Å². The Morgan fingerprint density at radius 1 is 1.33 bits per heavy atom. The van der Waals surface area contributed by atoms with E-state index in [9.17, 15) is 4.79 Å². The van der Waals surface area contributed by atoms with E-state index >= 15 is 0 Å². The monoisotopic (exact) mass is 284 g/mol. The van der Waals surface area contributed by atoms with E-state index in [2.05, 4.69) is 5.16 Å². The second kappa shape index (κ2) is 5.09. The van der Waals surface area contributed by atoms with Crippen molar-refractivity contribution in [3.8, 4) is 0 Å². The minimum absolute atomic E-state index is 0.0891. The molecule has 2 heterocycles. The van der Waals surface area contributed by atoms with Crippen LogP contribution in [0.25, 0.3) is 0 Å². The van der Waals surface area contributed by atoms with Crippen molar-refractivity contribution in [2.24, 2.45) is 5.16 Å². The number of amides is 1. The lowest BCUT2D eigenvalue weighted by atomic mass is 9.99. The summed E-state index contributed by atoms with van der Waals surface area (Å²) in [4.78, 5) is 14.5. The van der Waals surface area contributed by atoms with Crippen molar-refractivity contribution in [1.29, 1.82) is 0 Å². The Kier molecular flexibility index (Phi) is 3.25. The Morgan fingerprint density at radius 3 is 2.76 bits per heavy atom. The standard InChI is InChI=1S/C16H16N2O3/c1-10-9-13(11(2)21-10)16(19)18-8-7-14(17-20)12-5-3-4-6-15(12)18/h3-6,9,20H,7-8H2,1-2H3. The van der Waals surface area contributed by atoms with Crippen molar-refractivity contribution in [2.75, 3.05) is 11.4 Å². The van der Waals surface area contributed by atoms with Crippen molar-refractivity contribution in [1.82, 2.24) is 0 Å². The van der Waals surface area contributed by atoms with Crippen molar-refractivity contribution in [2.45, 2.75) is 20.3 Å². The predicted molar refractivity (Wildman–Crippen MR) is 79.2 cm³/mol. The summed E-state index contributed by atoms with van der Waals surface area (Å²) in [6.07, 6.45) is 0.523. The topological polar surface area (TPSA) is 66.0 Å². The maximum atomic E-state index is 12.8. The van der Waals surface area contributed by atoms with Crippen LogP contribution in [-0.4, -0.2) is 23.4 Å². The Hall–Kier alpha value is -2.56. The Morgan fingerprint density at radius 2 is 2.10 bits per heavy atom. The first-order valence-corrected chi connectivity index (χ1v) is 6.81. The largest absolute Gasteiger partial charge is 0.466 e. The first kappa shape index (κ1) is 13.4. The number of oxime groups is 1. The molecule has 1 aliphatic rings. The highest BCUT2D eigenvalue weighted by Gasteiger charge is 2.28. The third-order valence-electron chi connectivity index (χ3n) is 3.72. The smallest absolute Gasteiger partial charge is 0.261 e. The summed E-state index contributed by atoms with van der Waals surface area (Å²) in [5.41, 5.74) is 2.73. The molecule has 5 nitrogen and oxygen atoms in total. The summed E-state index contributed by atoms with van der Waals surface area (Å²) in [5, 5.41) is 12.4. The molecule has 1 aliphatic heterocycles. The van der Waals surface area contributed by atoms with Crippen LogP contribution in [0, 0.1) is 13.8 Å². The normalized spacial score (nSPS) is 16.1. The van der Waals surface area contributed by atoms with Gasteiger partial charge >= 0.3 is 0 Å². The van der Waals surface area contributed by atoms with E-state index in [1.807, 2.05) is 31.2 Å². The summed E-state index contributed by atoms with van der Waals surface area (Å²) in [7, 11) is 0. The van der Waals surface area contributed by atoms with Crippen LogP contribution in [0.15, 0.2) is 39.9 Å². The van der Waals surface area contributed by atoms with Crippen LogP contribution >= 0.6 is 0 Å². The van der Waals surface area contributed by atoms with Crippen LogP contribution in [0.4, 0.5) is 5.69 Å². The van der Waals surface area contributed by atoms with Gasteiger partial charge in [0.25, 0.3) is 5.91 Å². The average molecular weight is 284 g/mol. The molecule has 21 heavy (non-hydrogen) atoms. The third kappa shape index (κ3) is 2.20. The van der Waals surface area contributed by atoms with Crippen molar-refractivity contribution in [3.63, 3.8) is 0 Å². The quantitative estimate of drug-likeness (QED) is 0.646. The van der Waals surface area contributed by atoms with Crippen molar-refractivity contribution >= 4 is 17.3 Å². The van der Waals surface area contributed by atoms with Gasteiger partial charge in [0.05, 0.1) is 17.0 Å². The highest BCUT2D eigenvalue weighted by Crippen LogP contribution is 2.29. The fraction of sp³-hybridized carbons (Fsp3) is 0.250. The third-order valence-corrected chi connectivity index (χ3v) is 3.72. The van der Waals surface area contributed by atoms with E-state index in [4.69, 9.17) is 9.62 Å². The molecule has 0 spiro atoms. The molecule has 0 saturated heterocycles. The molecular formula is C16H16N2O3. The summed E-state index contributed by atoms with van der Waals surface area (Å²) >= 11 is 0. The number of rotatable bonds is 1. The molecule has 0 saturated carbocycles. The van der Waals surface area contributed by atoms with E-state index in [0.717, 1.165) is 17.0 Å². The number of nitrogens with zero attached hydrogens (tertiary/aromatic N) is 2. The molecule has 1 aromatic carbocycles. The number of furan rings is 1. The second-order valence-electron chi connectivity index (χ2n) is 5.10. The number of carbonyl (C=O) groups is 1. The van der Waals surface area contributed by atoms with Crippen LogP contribution in [-0.2, 0) is 0 Å². The number of aryl methyl sites for hydroxylation is 2. The van der Waals surface area contributed by atoms with Gasteiger partial charge in [-0.2, -0.15) is 0 Å². The van der Waals surface area contributed by atoms with Gasteiger partial charge in [-0.25, -0.2) is 0 Å². The average Bonchev–Trinajstić information content (AvgIpc) is 2.84. The minimum Gasteiger partial charge on any atom is -0.466 e. The number of anilines is 1. The van der Waals surface area contributed by atoms with Crippen LogP contribution < -0.4 is 4.90 Å². The van der Waals surface area contributed by atoms with Gasteiger partial charge in [-0.3, -0.25) is 4.79 Å². The molecular weight excluding hydrogens is 268 g/mol. The van der Waals surface area contributed by atoms with Crippen molar-refractivity contribution < 1.29 is 14.4 Å². The van der Waals surface area contributed by atoms with E-state index in [-0.39, 0.29) is 5.91 Å². The number of benzene rings is 1. The zero-order chi connectivity index (χ0) is 15.0. The lowest BCUT2D eigenvalue weighted by Gasteiger charge is -2.29. The molecule has 0 atom stereocenters. The molecule has 0 aliphatic carbocycles. The summed E-state index contributed by atoms with van der Waals surface area (Å²) in [6, 6.07) is 9.21. The van der Waals surface area contributed by atoms with Gasteiger partial charge in [0.2, 0.25) is 0 Å². The maximum absolute atomic E-state index is 12.8. The predicted octanol–water partition coefficient (Wildman–Crippen LogP) is 3.13. The Labute approximate surface area is 122 Å². The zero-order valence-corrected chi connectivity index (χ0v) is 12.0. The second-order valence-corrected chi connectivity index (χ2v) is 5.10. The van der Waals surface area contributed by atoms with E-state index in [0.29, 0.717) is 30.0 Å². The Bertz CT molecular complexity index is 731. The zero-order valence-electron chi connectivity index (χ0n) is 12.0. The van der Waals surface area contributed by atoms with E-state index < -0.39 is 0 Å². The lowest BCUT2D eigenvalue weighted by Crippen LogP contribution is -2.37. The number of carbonyl (C=O) groups excluding carboxylic acids is 1. The van der Waals surface area contributed by atoms with Crippen LogP contribution in [0.5, 0.6) is 0 Å².